The Kier molecular flexibility index (Phi) is 4.48. The van der Waals surface area contributed by atoms with Crippen LogP contribution in [-0.4, -0.2) is 58.7 Å². The van der Waals surface area contributed by atoms with Gasteiger partial charge < -0.3 is 5.11 Å². The maximum atomic E-state index is 9.34. The van der Waals surface area contributed by atoms with Crippen molar-refractivity contribution in [1.29, 1.82) is 0 Å². The summed E-state index contributed by atoms with van der Waals surface area (Å²) in [4.78, 5) is 8.90. The van der Waals surface area contributed by atoms with E-state index in [9.17, 15) is 5.11 Å². The third-order valence-electron chi connectivity index (χ3n) is 3.12. The Balaban J connectivity index is 1.76. The highest BCUT2D eigenvalue weighted by Gasteiger charge is 2.17. The largest absolute Gasteiger partial charge is 0.392 e. The van der Waals surface area contributed by atoms with Crippen LogP contribution in [0.4, 0.5) is 0 Å². The van der Waals surface area contributed by atoms with Crippen LogP contribution < -0.4 is 0 Å². The number of hydrogen-bond donors (Lipinski definition) is 1. The third kappa shape index (κ3) is 4.07. The molecule has 4 nitrogen and oxygen atoms in total. The van der Waals surface area contributed by atoms with Crippen LogP contribution in [0.5, 0.6) is 0 Å². The molecule has 1 aliphatic heterocycles. The molecule has 0 saturated carbocycles. The third-order valence-corrected chi connectivity index (χ3v) is 3.12. The Morgan fingerprint density at radius 3 is 2.59 bits per heavy atom. The summed E-state index contributed by atoms with van der Waals surface area (Å²) < 4.78 is 0. The Morgan fingerprint density at radius 2 is 2.00 bits per heavy atom. The van der Waals surface area contributed by atoms with Gasteiger partial charge in [0.25, 0.3) is 0 Å². The molecule has 1 atom stereocenters. The first-order valence-corrected chi connectivity index (χ1v) is 6.26. The fourth-order valence-corrected chi connectivity index (χ4v) is 2.25. The van der Waals surface area contributed by atoms with E-state index in [0.717, 1.165) is 39.3 Å². The fraction of sp³-hybridized carbons (Fsp3) is 0.615. The Labute approximate surface area is 103 Å². The summed E-state index contributed by atoms with van der Waals surface area (Å²) in [6.07, 6.45) is 3.52. The summed E-state index contributed by atoms with van der Waals surface area (Å²) >= 11 is 0. The minimum atomic E-state index is -0.222. The number of aromatic nitrogens is 1. The molecule has 94 valence electrons. The van der Waals surface area contributed by atoms with Crippen molar-refractivity contribution in [3.8, 4) is 0 Å². The molecule has 0 spiro atoms. The van der Waals surface area contributed by atoms with Gasteiger partial charge in [-0.15, -0.1) is 0 Å². The van der Waals surface area contributed by atoms with Crippen molar-refractivity contribution in [3.05, 3.63) is 30.1 Å². The first kappa shape index (κ1) is 12.5. The lowest BCUT2D eigenvalue weighted by Crippen LogP contribution is -2.47. The Morgan fingerprint density at radius 1 is 1.29 bits per heavy atom. The summed E-state index contributed by atoms with van der Waals surface area (Å²) in [6.45, 7) is 7.86. The van der Waals surface area contributed by atoms with Gasteiger partial charge in [0.15, 0.2) is 0 Å². The molecule has 2 rings (SSSR count). The van der Waals surface area contributed by atoms with E-state index < -0.39 is 0 Å². The SMILES string of the molecule is CC(O)CN1CCN(Cc2cccnc2)CC1. The van der Waals surface area contributed by atoms with E-state index in [4.69, 9.17) is 0 Å². The summed E-state index contributed by atoms with van der Waals surface area (Å²) in [5.74, 6) is 0. The van der Waals surface area contributed by atoms with Crippen molar-refractivity contribution in [2.24, 2.45) is 0 Å². The quantitative estimate of drug-likeness (QED) is 0.828. The average molecular weight is 235 g/mol. The smallest absolute Gasteiger partial charge is 0.0639 e. The zero-order valence-corrected chi connectivity index (χ0v) is 10.4. The molecule has 1 aliphatic rings. The van der Waals surface area contributed by atoms with E-state index in [2.05, 4.69) is 20.9 Å². The number of β-amino-alcohol motifs (C(OH)–C–C–N with tert-alkyl or cyclic N) is 1. The van der Waals surface area contributed by atoms with Crippen molar-refractivity contribution >= 4 is 0 Å². The summed E-state index contributed by atoms with van der Waals surface area (Å²) in [7, 11) is 0. The van der Waals surface area contributed by atoms with Gasteiger partial charge in [-0.05, 0) is 18.6 Å². The first-order chi connectivity index (χ1) is 8.24. The van der Waals surface area contributed by atoms with Gasteiger partial charge in [-0.1, -0.05) is 6.07 Å². The van der Waals surface area contributed by atoms with Crippen LogP contribution in [0.3, 0.4) is 0 Å². The normalized spacial score (nSPS) is 20.4. The van der Waals surface area contributed by atoms with E-state index in [0.29, 0.717) is 0 Å². The average Bonchev–Trinajstić information content (AvgIpc) is 2.32. The molecule has 0 bridgehead atoms. The molecule has 0 amide bonds. The molecule has 0 aliphatic carbocycles. The number of aliphatic hydroxyl groups is 1. The Bertz CT molecular complexity index is 321. The lowest BCUT2D eigenvalue weighted by atomic mass is 10.2. The van der Waals surface area contributed by atoms with E-state index in [1.54, 1.807) is 0 Å². The topological polar surface area (TPSA) is 39.6 Å². The van der Waals surface area contributed by atoms with Crippen molar-refractivity contribution in [1.82, 2.24) is 14.8 Å². The molecule has 1 aromatic rings. The molecule has 1 aromatic heterocycles. The minimum absolute atomic E-state index is 0.222. The van der Waals surface area contributed by atoms with Crippen molar-refractivity contribution in [2.75, 3.05) is 32.7 Å². The van der Waals surface area contributed by atoms with E-state index >= 15 is 0 Å². The molecule has 1 N–H and O–H groups in total. The van der Waals surface area contributed by atoms with Gasteiger partial charge in [-0.25, -0.2) is 0 Å². The van der Waals surface area contributed by atoms with Gasteiger partial charge in [-0.3, -0.25) is 14.8 Å². The van der Waals surface area contributed by atoms with Crippen LogP contribution in [-0.2, 0) is 6.54 Å². The second-order valence-corrected chi connectivity index (χ2v) is 4.79. The van der Waals surface area contributed by atoms with Crippen LogP contribution in [0.2, 0.25) is 0 Å². The molecule has 1 fully saturated rings. The Hall–Kier alpha value is -0.970. The van der Waals surface area contributed by atoms with Gasteiger partial charge in [0.1, 0.15) is 0 Å². The van der Waals surface area contributed by atoms with E-state index in [1.807, 2.05) is 25.4 Å². The van der Waals surface area contributed by atoms with E-state index in [1.165, 1.54) is 5.56 Å². The summed E-state index contributed by atoms with van der Waals surface area (Å²) in [5, 5.41) is 9.34. The van der Waals surface area contributed by atoms with Crippen LogP contribution in [0, 0.1) is 0 Å². The van der Waals surface area contributed by atoms with Crippen LogP contribution in [0.25, 0.3) is 0 Å². The predicted octanol–water partition coefficient (Wildman–Crippen LogP) is 0.580. The standard InChI is InChI=1S/C13H21N3O/c1-12(17)10-15-5-7-16(8-6-15)11-13-3-2-4-14-9-13/h2-4,9,12,17H,5-8,10-11H2,1H3. The van der Waals surface area contributed by atoms with Crippen molar-refractivity contribution in [2.45, 2.75) is 19.6 Å². The summed E-state index contributed by atoms with van der Waals surface area (Å²) in [5.41, 5.74) is 1.27. The fourth-order valence-electron chi connectivity index (χ4n) is 2.25. The number of pyridine rings is 1. The number of hydrogen-bond acceptors (Lipinski definition) is 4. The second kappa shape index (κ2) is 6.10. The van der Waals surface area contributed by atoms with Gasteiger partial charge in [0.2, 0.25) is 0 Å². The van der Waals surface area contributed by atoms with Crippen molar-refractivity contribution in [3.63, 3.8) is 0 Å². The molecule has 17 heavy (non-hydrogen) atoms. The maximum Gasteiger partial charge on any atom is 0.0639 e. The second-order valence-electron chi connectivity index (χ2n) is 4.79. The van der Waals surface area contributed by atoms with Gasteiger partial charge in [0.05, 0.1) is 6.10 Å². The molecule has 1 saturated heterocycles. The molecule has 0 aromatic carbocycles. The predicted molar refractivity (Wildman–Crippen MR) is 67.6 cm³/mol. The number of rotatable bonds is 4. The van der Waals surface area contributed by atoms with E-state index in [-0.39, 0.29) is 6.10 Å². The lowest BCUT2D eigenvalue weighted by Gasteiger charge is -2.35. The van der Waals surface area contributed by atoms with Crippen LogP contribution >= 0.6 is 0 Å². The molecular formula is C13H21N3O. The number of nitrogens with zero attached hydrogens (tertiary/aromatic N) is 3. The highest BCUT2D eigenvalue weighted by Crippen LogP contribution is 2.07. The minimum Gasteiger partial charge on any atom is -0.392 e. The zero-order chi connectivity index (χ0) is 12.1. The van der Waals surface area contributed by atoms with Gasteiger partial charge >= 0.3 is 0 Å². The maximum absolute atomic E-state index is 9.34. The van der Waals surface area contributed by atoms with Crippen LogP contribution in [0.15, 0.2) is 24.5 Å². The van der Waals surface area contributed by atoms with Gasteiger partial charge in [0, 0.05) is 51.7 Å². The van der Waals surface area contributed by atoms with Gasteiger partial charge in [-0.2, -0.15) is 0 Å². The number of piperazine rings is 1. The number of aliphatic hydroxyl groups excluding tert-OH is 1. The highest BCUT2D eigenvalue weighted by atomic mass is 16.3. The molecule has 4 heteroatoms. The molecule has 1 unspecified atom stereocenters. The van der Waals surface area contributed by atoms with Crippen molar-refractivity contribution < 1.29 is 5.11 Å². The monoisotopic (exact) mass is 235 g/mol. The highest BCUT2D eigenvalue weighted by molar-refractivity contribution is 5.08. The summed E-state index contributed by atoms with van der Waals surface area (Å²) in [6, 6.07) is 4.11. The first-order valence-electron chi connectivity index (χ1n) is 6.26. The lowest BCUT2D eigenvalue weighted by molar-refractivity contribution is 0.0780. The zero-order valence-electron chi connectivity index (χ0n) is 10.4. The molecule has 2 heterocycles. The van der Waals surface area contributed by atoms with Crippen LogP contribution in [0.1, 0.15) is 12.5 Å². The molecular weight excluding hydrogens is 214 g/mol. The molecule has 0 radical (unpaired) electrons.